The van der Waals surface area contributed by atoms with Crippen LogP contribution < -0.4 is 5.32 Å². The second-order valence-corrected chi connectivity index (χ2v) is 7.15. The fourth-order valence-electron chi connectivity index (χ4n) is 3.78. The molecule has 146 valence electrons. The van der Waals surface area contributed by atoms with E-state index in [1.165, 1.54) is 7.05 Å². The third kappa shape index (κ3) is 3.19. The SMILES string of the molecule is CN(CC(=O)O)C(=O)c1n[nH]c2c1CN(C(=O)C1Cc3ccccc3N1)CC2. The van der Waals surface area contributed by atoms with Gasteiger partial charge in [-0.3, -0.25) is 19.5 Å². The van der Waals surface area contributed by atoms with Crippen LogP contribution in [0.3, 0.4) is 0 Å². The van der Waals surface area contributed by atoms with Crippen molar-refractivity contribution in [2.75, 3.05) is 25.5 Å². The monoisotopic (exact) mass is 383 g/mol. The van der Waals surface area contributed by atoms with E-state index in [1.54, 1.807) is 4.90 Å². The van der Waals surface area contributed by atoms with Crippen molar-refractivity contribution >= 4 is 23.5 Å². The van der Waals surface area contributed by atoms with Gasteiger partial charge in [-0.1, -0.05) is 18.2 Å². The average Bonchev–Trinajstić information content (AvgIpc) is 3.29. The van der Waals surface area contributed by atoms with E-state index in [9.17, 15) is 14.4 Å². The van der Waals surface area contributed by atoms with Crippen LogP contribution in [-0.2, 0) is 29.0 Å². The molecule has 0 spiro atoms. The molecule has 9 heteroatoms. The van der Waals surface area contributed by atoms with E-state index >= 15 is 0 Å². The molecule has 0 aliphatic carbocycles. The van der Waals surface area contributed by atoms with Gasteiger partial charge in [0.05, 0.1) is 0 Å². The normalized spacial score (nSPS) is 17.5. The third-order valence-electron chi connectivity index (χ3n) is 5.24. The summed E-state index contributed by atoms with van der Waals surface area (Å²) < 4.78 is 0. The maximum atomic E-state index is 13.0. The number of carboxylic acid groups (broad SMARTS) is 1. The minimum absolute atomic E-state index is 0.0136. The Hall–Kier alpha value is -3.36. The summed E-state index contributed by atoms with van der Waals surface area (Å²) in [6.07, 6.45) is 1.21. The van der Waals surface area contributed by atoms with Crippen LogP contribution in [0.25, 0.3) is 0 Å². The number of hydrogen-bond donors (Lipinski definition) is 3. The van der Waals surface area contributed by atoms with E-state index in [0.717, 1.165) is 21.8 Å². The third-order valence-corrected chi connectivity index (χ3v) is 5.24. The van der Waals surface area contributed by atoms with Crippen LogP contribution in [0, 0.1) is 0 Å². The average molecular weight is 383 g/mol. The lowest BCUT2D eigenvalue weighted by Gasteiger charge is -2.29. The quantitative estimate of drug-likeness (QED) is 0.707. The van der Waals surface area contributed by atoms with Gasteiger partial charge in [-0.05, 0) is 11.6 Å². The molecule has 0 saturated carbocycles. The van der Waals surface area contributed by atoms with Gasteiger partial charge in [-0.15, -0.1) is 0 Å². The fourth-order valence-corrected chi connectivity index (χ4v) is 3.78. The van der Waals surface area contributed by atoms with Crippen molar-refractivity contribution in [1.82, 2.24) is 20.0 Å². The molecule has 1 aromatic carbocycles. The number of carbonyl (C=O) groups is 3. The number of likely N-dealkylation sites (N-methyl/N-ethyl adjacent to an activating group) is 1. The van der Waals surface area contributed by atoms with Gasteiger partial charge in [0.25, 0.3) is 5.91 Å². The van der Waals surface area contributed by atoms with E-state index in [1.807, 2.05) is 24.3 Å². The largest absolute Gasteiger partial charge is 0.480 e. The standard InChI is InChI=1S/C19H21N5O4/c1-23(10-16(25)26)19(28)17-12-9-24(7-6-14(12)21-22-17)18(27)15-8-11-4-2-3-5-13(11)20-15/h2-5,15,20H,6-10H2,1H3,(H,21,22)(H,25,26). The Morgan fingerprint density at radius 2 is 2.11 bits per heavy atom. The number of rotatable bonds is 4. The first-order valence-electron chi connectivity index (χ1n) is 9.10. The van der Waals surface area contributed by atoms with Crippen LogP contribution in [0.5, 0.6) is 0 Å². The summed E-state index contributed by atoms with van der Waals surface area (Å²) in [6, 6.07) is 7.54. The highest BCUT2D eigenvalue weighted by atomic mass is 16.4. The Kier molecular flexibility index (Phi) is 4.50. The Bertz CT molecular complexity index is 929. The number of fused-ring (bicyclic) bond motifs is 2. The molecule has 1 unspecified atom stereocenters. The number of H-pyrrole nitrogens is 1. The summed E-state index contributed by atoms with van der Waals surface area (Å²) in [4.78, 5) is 39.3. The van der Waals surface area contributed by atoms with Crippen molar-refractivity contribution in [2.45, 2.75) is 25.4 Å². The Labute approximate surface area is 161 Å². The first-order valence-corrected chi connectivity index (χ1v) is 9.10. The number of nitrogens with one attached hydrogen (secondary N) is 2. The van der Waals surface area contributed by atoms with Crippen LogP contribution in [0.2, 0.25) is 0 Å². The molecule has 0 radical (unpaired) electrons. The molecule has 3 heterocycles. The molecule has 2 aliphatic rings. The first-order chi connectivity index (χ1) is 13.4. The molecule has 28 heavy (non-hydrogen) atoms. The van der Waals surface area contributed by atoms with Crippen LogP contribution in [0.4, 0.5) is 5.69 Å². The number of para-hydroxylation sites is 1. The predicted molar refractivity (Wildman–Crippen MR) is 99.9 cm³/mol. The van der Waals surface area contributed by atoms with Crippen LogP contribution in [0.1, 0.15) is 27.3 Å². The molecule has 1 atom stereocenters. The van der Waals surface area contributed by atoms with E-state index < -0.39 is 18.4 Å². The van der Waals surface area contributed by atoms with Crippen molar-refractivity contribution in [3.63, 3.8) is 0 Å². The maximum Gasteiger partial charge on any atom is 0.323 e. The molecule has 2 aromatic rings. The topological polar surface area (TPSA) is 119 Å². The number of nitrogens with zero attached hydrogens (tertiary/aromatic N) is 3. The number of aromatic nitrogens is 2. The van der Waals surface area contributed by atoms with E-state index in [4.69, 9.17) is 5.11 Å². The van der Waals surface area contributed by atoms with Crippen LogP contribution >= 0.6 is 0 Å². The van der Waals surface area contributed by atoms with Crippen molar-refractivity contribution in [2.24, 2.45) is 0 Å². The molecular weight excluding hydrogens is 362 g/mol. The number of amides is 2. The number of aromatic amines is 1. The van der Waals surface area contributed by atoms with Crippen molar-refractivity contribution < 1.29 is 19.5 Å². The van der Waals surface area contributed by atoms with Crippen molar-refractivity contribution in [1.29, 1.82) is 0 Å². The second kappa shape index (κ2) is 6.99. The molecule has 3 N–H and O–H groups in total. The van der Waals surface area contributed by atoms with Gasteiger partial charge in [0.1, 0.15) is 12.6 Å². The summed E-state index contributed by atoms with van der Waals surface area (Å²) in [5.41, 5.74) is 3.76. The number of aliphatic carboxylic acids is 1. The highest BCUT2D eigenvalue weighted by molar-refractivity contribution is 5.96. The van der Waals surface area contributed by atoms with Gasteiger partial charge >= 0.3 is 5.97 Å². The lowest BCUT2D eigenvalue weighted by atomic mass is 10.0. The Morgan fingerprint density at radius 3 is 2.86 bits per heavy atom. The molecular formula is C19H21N5O4. The van der Waals surface area contributed by atoms with Gasteiger partial charge in [-0.25, -0.2) is 0 Å². The smallest absolute Gasteiger partial charge is 0.323 e. The van der Waals surface area contributed by atoms with Gasteiger partial charge in [-0.2, -0.15) is 5.10 Å². The Morgan fingerprint density at radius 1 is 1.32 bits per heavy atom. The number of hydrogen-bond acceptors (Lipinski definition) is 5. The number of carboxylic acids is 1. The molecule has 0 saturated heterocycles. The summed E-state index contributed by atoms with van der Waals surface area (Å²) in [5.74, 6) is -1.58. The van der Waals surface area contributed by atoms with Gasteiger partial charge in [0.2, 0.25) is 5.91 Å². The summed E-state index contributed by atoms with van der Waals surface area (Å²) >= 11 is 0. The second-order valence-electron chi connectivity index (χ2n) is 7.15. The Balaban J connectivity index is 1.49. The predicted octanol–water partition coefficient (Wildman–Crippen LogP) is 0.488. The molecule has 9 nitrogen and oxygen atoms in total. The lowest BCUT2D eigenvalue weighted by Crippen LogP contribution is -2.44. The van der Waals surface area contributed by atoms with E-state index in [2.05, 4.69) is 15.5 Å². The zero-order chi connectivity index (χ0) is 19.8. The number of benzene rings is 1. The van der Waals surface area contributed by atoms with Gasteiger partial charge < -0.3 is 20.2 Å². The number of carbonyl (C=O) groups excluding carboxylic acids is 2. The van der Waals surface area contributed by atoms with Crippen LogP contribution in [-0.4, -0.2) is 69.1 Å². The molecule has 1 aromatic heterocycles. The maximum absolute atomic E-state index is 13.0. The molecule has 4 rings (SSSR count). The zero-order valence-corrected chi connectivity index (χ0v) is 15.4. The summed E-state index contributed by atoms with van der Waals surface area (Å²) in [6.45, 7) is 0.412. The van der Waals surface area contributed by atoms with Crippen LogP contribution in [0.15, 0.2) is 24.3 Å². The minimum atomic E-state index is -1.09. The number of anilines is 1. The molecule has 2 amide bonds. The van der Waals surface area contributed by atoms with E-state index in [-0.39, 0.29) is 24.2 Å². The summed E-state index contributed by atoms with van der Waals surface area (Å²) in [5, 5.41) is 19.1. The van der Waals surface area contributed by atoms with Crippen molar-refractivity contribution in [3.8, 4) is 0 Å². The summed E-state index contributed by atoms with van der Waals surface area (Å²) in [7, 11) is 1.42. The fraction of sp³-hybridized carbons (Fsp3) is 0.368. The van der Waals surface area contributed by atoms with Gasteiger partial charge in [0, 0.05) is 49.9 Å². The highest BCUT2D eigenvalue weighted by Gasteiger charge is 2.34. The zero-order valence-electron chi connectivity index (χ0n) is 15.4. The van der Waals surface area contributed by atoms with E-state index in [0.29, 0.717) is 24.9 Å². The molecule has 0 fully saturated rings. The lowest BCUT2D eigenvalue weighted by molar-refractivity contribution is -0.137. The highest BCUT2D eigenvalue weighted by Crippen LogP contribution is 2.28. The van der Waals surface area contributed by atoms with Crippen molar-refractivity contribution in [3.05, 3.63) is 46.8 Å². The first kappa shape index (κ1) is 18.0. The molecule has 2 aliphatic heterocycles. The molecule has 0 bridgehead atoms. The van der Waals surface area contributed by atoms with Gasteiger partial charge in [0.15, 0.2) is 5.69 Å². The minimum Gasteiger partial charge on any atom is -0.480 e.